The van der Waals surface area contributed by atoms with Crippen LogP contribution in [0.5, 0.6) is 5.75 Å². The lowest BCUT2D eigenvalue weighted by atomic mass is 9.88. The van der Waals surface area contributed by atoms with Gasteiger partial charge in [-0.25, -0.2) is 4.39 Å². The lowest BCUT2D eigenvalue weighted by Gasteiger charge is -2.30. The third kappa shape index (κ3) is 4.78. The summed E-state index contributed by atoms with van der Waals surface area (Å²) >= 11 is 0. The molecule has 0 saturated carbocycles. The van der Waals surface area contributed by atoms with Gasteiger partial charge in [0.15, 0.2) is 0 Å². The molecule has 1 aromatic carbocycles. The van der Waals surface area contributed by atoms with Crippen LogP contribution in [0.1, 0.15) is 44.6 Å². The Balaban J connectivity index is 1.80. The second-order valence-electron chi connectivity index (χ2n) is 6.11. The molecule has 20 heavy (non-hydrogen) atoms. The minimum Gasteiger partial charge on any atom is -0.497 e. The van der Waals surface area contributed by atoms with Gasteiger partial charge in [-0.05, 0) is 63.3 Å². The lowest BCUT2D eigenvalue weighted by molar-refractivity contribution is 0.135. The number of rotatable bonds is 6. The Labute approximate surface area is 121 Å². The van der Waals surface area contributed by atoms with E-state index in [9.17, 15) is 4.39 Å². The van der Waals surface area contributed by atoms with Gasteiger partial charge in [0, 0.05) is 6.04 Å². The Morgan fingerprint density at radius 2 is 2.05 bits per heavy atom. The predicted molar refractivity (Wildman–Crippen MR) is 81.1 cm³/mol. The summed E-state index contributed by atoms with van der Waals surface area (Å²) < 4.78 is 19.8. The Morgan fingerprint density at radius 1 is 1.30 bits per heavy atom. The smallest absolute Gasteiger partial charge is 0.118 e. The van der Waals surface area contributed by atoms with Crippen LogP contribution >= 0.6 is 0 Å². The first-order valence-electron chi connectivity index (χ1n) is 7.64. The number of nitrogens with one attached hydrogen (secondary N) is 1. The molecular formula is C17H26FNO. The summed E-state index contributed by atoms with van der Waals surface area (Å²) in [5, 5.41) is 3.43. The molecule has 1 aromatic rings. The summed E-state index contributed by atoms with van der Waals surface area (Å²) in [6.07, 6.45) is 5.56. The number of benzene rings is 1. The molecule has 1 aliphatic heterocycles. The van der Waals surface area contributed by atoms with Crippen LogP contribution < -0.4 is 10.1 Å². The largest absolute Gasteiger partial charge is 0.497 e. The zero-order valence-corrected chi connectivity index (χ0v) is 12.6. The van der Waals surface area contributed by atoms with E-state index in [1.165, 1.54) is 18.4 Å². The molecule has 1 aliphatic rings. The molecule has 2 atom stereocenters. The average Bonchev–Trinajstić information content (AvgIpc) is 2.46. The molecule has 1 saturated heterocycles. The zero-order valence-electron chi connectivity index (χ0n) is 12.6. The van der Waals surface area contributed by atoms with Gasteiger partial charge in [0.1, 0.15) is 11.4 Å². The van der Waals surface area contributed by atoms with Crippen molar-refractivity contribution in [3.05, 3.63) is 29.8 Å². The van der Waals surface area contributed by atoms with Crippen LogP contribution in [0, 0.1) is 0 Å². The minimum atomic E-state index is -1.09. The normalized spacial score (nSPS) is 22.2. The maximum absolute atomic E-state index is 14.6. The predicted octanol–water partition coefficient (Wildman–Crippen LogP) is 3.89. The molecule has 112 valence electrons. The molecule has 2 rings (SSSR count). The van der Waals surface area contributed by atoms with E-state index in [4.69, 9.17) is 4.74 Å². The zero-order chi connectivity index (χ0) is 14.4. The third-order valence-electron chi connectivity index (χ3n) is 4.18. The highest BCUT2D eigenvalue weighted by Gasteiger charge is 2.28. The number of aryl methyl sites for hydroxylation is 1. The number of hydrogen-bond donors (Lipinski definition) is 1. The average molecular weight is 279 g/mol. The highest BCUT2D eigenvalue weighted by molar-refractivity contribution is 5.27. The van der Waals surface area contributed by atoms with E-state index in [1.54, 1.807) is 14.0 Å². The van der Waals surface area contributed by atoms with Crippen LogP contribution in [0.4, 0.5) is 4.39 Å². The van der Waals surface area contributed by atoms with Gasteiger partial charge < -0.3 is 10.1 Å². The van der Waals surface area contributed by atoms with Crippen LogP contribution in [-0.4, -0.2) is 25.4 Å². The van der Waals surface area contributed by atoms with Gasteiger partial charge in [0.25, 0.3) is 0 Å². The number of methoxy groups -OCH3 is 1. The van der Waals surface area contributed by atoms with E-state index in [0.717, 1.165) is 25.1 Å². The second-order valence-corrected chi connectivity index (χ2v) is 6.11. The van der Waals surface area contributed by atoms with Crippen molar-refractivity contribution >= 4 is 0 Å². The van der Waals surface area contributed by atoms with Crippen molar-refractivity contribution < 1.29 is 9.13 Å². The molecule has 1 fully saturated rings. The first kappa shape index (κ1) is 15.3. The summed E-state index contributed by atoms with van der Waals surface area (Å²) in [5.41, 5.74) is 0.0841. The Bertz CT molecular complexity index is 396. The number of alkyl halides is 1. The maximum Gasteiger partial charge on any atom is 0.118 e. The maximum atomic E-state index is 14.6. The van der Waals surface area contributed by atoms with Gasteiger partial charge in [-0.3, -0.25) is 0 Å². The van der Waals surface area contributed by atoms with E-state index in [1.807, 2.05) is 24.3 Å². The summed E-state index contributed by atoms with van der Waals surface area (Å²) in [4.78, 5) is 0. The second kappa shape index (κ2) is 7.07. The minimum absolute atomic E-state index is 0.356. The van der Waals surface area contributed by atoms with Gasteiger partial charge in [0.2, 0.25) is 0 Å². The van der Waals surface area contributed by atoms with E-state index in [0.29, 0.717) is 18.9 Å². The van der Waals surface area contributed by atoms with Crippen molar-refractivity contribution in [2.45, 2.75) is 57.2 Å². The quantitative estimate of drug-likeness (QED) is 0.853. The van der Waals surface area contributed by atoms with Crippen LogP contribution in [0.15, 0.2) is 24.3 Å². The van der Waals surface area contributed by atoms with Crippen LogP contribution in [-0.2, 0) is 6.42 Å². The summed E-state index contributed by atoms with van der Waals surface area (Å²) in [6.45, 7) is 2.78. The number of piperidine rings is 1. The first-order chi connectivity index (χ1) is 9.59. The summed E-state index contributed by atoms with van der Waals surface area (Å²) in [5.74, 6) is 0.850. The standard InChI is InChI=1S/C17H26FNO/c1-17(18,13-15-5-3-4-12-19-15)11-10-14-6-8-16(20-2)9-7-14/h6-9,15,19H,3-5,10-13H2,1-2H3. The molecule has 1 N–H and O–H groups in total. The topological polar surface area (TPSA) is 21.3 Å². The molecule has 1 heterocycles. The number of hydrogen-bond acceptors (Lipinski definition) is 2. The Hall–Kier alpha value is -1.09. The molecule has 0 aromatic heterocycles. The fourth-order valence-corrected chi connectivity index (χ4v) is 2.91. The van der Waals surface area contributed by atoms with Gasteiger partial charge >= 0.3 is 0 Å². The molecule has 0 spiro atoms. The van der Waals surface area contributed by atoms with Crippen molar-refractivity contribution in [1.82, 2.24) is 5.32 Å². The SMILES string of the molecule is COc1ccc(CCC(C)(F)CC2CCCCN2)cc1. The van der Waals surface area contributed by atoms with E-state index < -0.39 is 5.67 Å². The summed E-state index contributed by atoms with van der Waals surface area (Å²) in [6, 6.07) is 8.28. The van der Waals surface area contributed by atoms with E-state index in [-0.39, 0.29) is 0 Å². The molecule has 0 aliphatic carbocycles. The molecule has 0 amide bonds. The van der Waals surface area contributed by atoms with Crippen molar-refractivity contribution in [1.29, 1.82) is 0 Å². The molecule has 3 heteroatoms. The Morgan fingerprint density at radius 3 is 2.65 bits per heavy atom. The fraction of sp³-hybridized carbons (Fsp3) is 0.647. The van der Waals surface area contributed by atoms with Crippen LogP contribution in [0.25, 0.3) is 0 Å². The van der Waals surface area contributed by atoms with Gasteiger partial charge in [-0.15, -0.1) is 0 Å². The van der Waals surface area contributed by atoms with Gasteiger partial charge in [-0.2, -0.15) is 0 Å². The molecule has 0 radical (unpaired) electrons. The molecule has 2 unspecified atom stereocenters. The Kier molecular flexibility index (Phi) is 5.41. The highest BCUT2D eigenvalue weighted by Crippen LogP contribution is 2.27. The van der Waals surface area contributed by atoms with Crippen molar-refractivity contribution in [2.24, 2.45) is 0 Å². The summed E-state index contributed by atoms with van der Waals surface area (Å²) in [7, 11) is 1.66. The van der Waals surface area contributed by atoms with Crippen LogP contribution in [0.2, 0.25) is 0 Å². The monoisotopic (exact) mass is 279 g/mol. The van der Waals surface area contributed by atoms with Crippen molar-refractivity contribution in [3.8, 4) is 5.75 Å². The van der Waals surface area contributed by atoms with E-state index >= 15 is 0 Å². The van der Waals surface area contributed by atoms with Gasteiger partial charge in [-0.1, -0.05) is 18.6 Å². The fourth-order valence-electron chi connectivity index (χ4n) is 2.91. The first-order valence-corrected chi connectivity index (χ1v) is 7.64. The van der Waals surface area contributed by atoms with Crippen molar-refractivity contribution in [2.75, 3.05) is 13.7 Å². The lowest BCUT2D eigenvalue weighted by Crippen LogP contribution is -2.39. The van der Waals surface area contributed by atoms with E-state index in [2.05, 4.69) is 5.32 Å². The van der Waals surface area contributed by atoms with Crippen LogP contribution in [0.3, 0.4) is 0 Å². The highest BCUT2D eigenvalue weighted by atomic mass is 19.1. The third-order valence-corrected chi connectivity index (χ3v) is 4.18. The number of ether oxygens (including phenoxy) is 1. The van der Waals surface area contributed by atoms with Crippen molar-refractivity contribution in [3.63, 3.8) is 0 Å². The molecule has 0 bridgehead atoms. The van der Waals surface area contributed by atoms with Gasteiger partial charge in [0.05, 0.1) is 7.11 Å². The number of halogens is 1. The molecular weight excluding hydrogens is 253 g/mol. The molecule has 2 nitrogen and oxygen atoms in total.